The summed E-state index contributed by atoms with van der Waals surface area (Å²) in [6.07, 6.45) is 1.13. The molecular formula is C16H27N. The molecular weight excluding hydrogens is 206 g/mol. The van der Waals surface area contributed by atoms with Crippen LogP contribution >= 0.6 is 0 Å². The quantitative estimate of drug-likeness (QED) is 0.792. The van der Waals surface area contributed by atoms with Crippen molar-refractivity contribution in [2.45, 2.75) is 54.0 Å². The van der Waals surface area contributed by atoms with E-state index in [4.69, 9.17) is 0 Å². The first-order valence-corrected chi connectivity index (χ1v) is 6.63. The van der Waals surface area contributed by atoms with E-state index in [1.165, 1.54) is 11.3 Å². The lowest BCUT2D eigenvalue weighted by Gasteiger charge is -2.20. The largest absolute Gasteiger partial charge is 0.382 e. The number of hydrogen-bond donors (Lipinski definition) is 1. The number of rotatable bonds is 4. The molecule has 0 radical (unpaired) electrons. The Labute approximate surface area is 107 Å². The summed E-state index contributed by atoms with van der Waals surface area (Å²) in [5.41, 5.74) is 3.00. The molecule has 1 N–H and O–H groups in total. The zero-order chi connectivity index (χ0) is 13.1. The predicted octanol–water partition coefficient (Wildman–Crippen LogP) is 4.73. The minimum absolute atomic E-state index is 0.361. The van der Waals surface area contributed by atoms with Crippen molar-refractivity contribution in [1.82, 2.24) is 0 Å². The monoisotopic (exact) mass is 233 g/mol. The van der Waals surface area contributed by atoms with Crippen molar-refractivity contribution in [2.75, 3.05) is 5.32 Å². The lowest BCUT2D eigenvalue weighted by atomic mass is 9.88. The van der Waals surface area contributed by atoms with Gasteiger partial charge in [0.15, 0.2) is 0 Å². The summed E-state index contributed by atoms with van der Waals surface area (Å²) in [5, 5.41) is 3.53. The Morgan fingerprint density at radius 1 is 1.00 bits per heavy atom. The zero-order valence-electron chi connectivity index (χ0n) is 12.2. The van der Waals surface area contributed by atoms with Crippen molar-refractivity contribution >= 4 is 5.69 Å². The highest BCUT2D eigenvalue weighted by Crippen LogP contribution is 2.22. The van der Waals surface area contributed by atoms with Gasteiger partial charge in [-0.2, -0.15) is 0 Å². The average molecular weight is 233 g/mol. The highest BCUT2D eigenvalue weighted by Gasteiger charge is 2.11. The number of anilines is 1. The van der Waals surface area contributed by atoms with Crippen LogP contribution in [0.15, 0.2) is 24.3 Å². The maximum atomic E-state index is 3.53. The predicted molar refractivity (Wildman–Crippen MR) is 77.5 cm³/mol. The molecule has 1 unspecified atom stereocenters. The fraction of sp³-hybridized carbons (Fsp3) is 0.625. The molecule has 0 saturated carbocycles. The standard InChI is InChI=1S/C16H27N/c1-12(2)13(3)17-15-9-7-14(8-10-15)11-16(4,5)6/h7-10,12-13,17H,11H2,1-6H3. The number of nitrogens with one attached hydrogen (secondary N) is 1. The third-order valence-corrected chi connectivity index (χ3v) is 3.08. The van der Waals surface area contributed by atoms with E-state index in [1.54, 1.807) is 0 Å². The van der Waals surface area contributed by atoms with Gasteiger partial charge < -0.3 is 5.32 Å². The zero-order valence-corrected chi connectivity index (χ0v) is 12.2. The molecule has 0 heterocycles. The molecule has 96 valence electrons. The van der Waals surface area contributed by atoms with E-state index >= 15 is 0 Å². The van der Waals surface area contributed by atoms with E-state index in [2.05, 4.69) is 71.1 Å². The molecule has 1 rings (SSSR count). The molecule has 0 spiro atoms. The maximum absolute atomic E-state index is 3.53. The summed E-state index contributed by atoms with van der Waals surface area (Å²) in [5.74, 6) is 0.657. The van der Waals surface area contributed by atoms with Crippen LogP contribution in [-0.2, 0) is 6.42 Å². The van der Waals surface area contributed by atoms with Crippen LogP contribution in [0.25, 0.3) is 0 Å². The maximum Gasteiger partial charge on any atom is 0.0342 e. The van der Waals surface area contributed by atoms with Gasteiger partial charge in [0.1, 0.15) is 0 Å². The molecule has 0 aliphatic carbocycles. The highest BCUT2D eigenvalue weighted by atomic mass is 14.9. The van der Waals surface area contributed by atoms with Crippen molar-refractivity contribution in [2.24, 2.45) is 11.3 Å². The summed E-state index contributed by atoms with van der Waals surface area (Å²) in [6.45, 7) is 13.5. The molecule has 0 aliphatic rings. The van der Waals surface area contributed by atoms with E-state index in [1.807, 2.05) is 0 Å². The summed E-state index contributed by atoms with van der Waals surface area (Å²) < 4.78 is 0. The summed E-state index contributed by atoms with van der Waals surface area (Å²) >= 11 is 0. The van der Waals surface area contributed by atoms with Crippen LogP contribution in [0.1, 0.15) is 47.1 Å². The molecule has 1 aromatic rings. The van der Waals surface area contributed by atoms with Crippen molar-refractivity contribution in [3.05, 3.63) is 29.8 Å². The topological polar surface area (TPSA) is 12.0 Å². The van der Waals surface area contributed by atoms with Crippen LogP contribution in [-0.4, -0.2) is 6.04 Å². The second-order valence-corrected chi connectivity index (χ2v) is 6.61. The first-order valence-electron chi connectivity index (χ1n) is 6.63. The van der Waals surface area contributed by atoms with Crippen molar-refractivity contribution < 1.29 is 0 Å². The first-order chi connectivity index (χ1) is 7.78. The lowest BCUT2D eigenvalue weighted by Crippen LogP contribution is -2.21. The fourth-order valence-corrected chi connectivity index (χ4v) is 1.76. The van der Waals surface area contributed by atoms with Crippen LogP contribution in [0.4, 0.5) is 5.69 Å². The van der Waals surface area contributed by atoms with E-state index in [-0.39, 0.29) is 0 Å². The summed E-state index contributed by atoms with van der Waals surface area (Å²) in [7, 11) is 0. The van der Waals surface area contributed by atoms with Crippen LogP contribution in [0.2, 0.25) is 0 Å². The van der Waals surface area contributed by atoms with Gasteiger partial charge in [-0.05, 0) is 42.4 Å². The molecule has 17 heavy (non-hydrogen) atoms. The minimum atomic E-state index is 0.361. The van der Waals surface area contributed by atoms with Gasteiger partial charge in [-0.3, -0.25) is 0 Å². The Bertz CT molecular complexity index is 330. The van der Waals surface area contributed by atoms with Gasteiger partial charge in [0.2, 0.25) is 0 Å². The molecule has 1 aromatic carbocycles. The smallest absolute Gasteiger partial charge is 0.0342 e. The normalized spacial score (nSPS) is 13.8. The molecule has 0 bridgehead atoms. The van der Waals surface area contributed by atoms with E-state index in [0.29, 0.717) is 17.4 Å². The molecule has 0 saturated heterocycles. The molecule has 1 nitrogen and oxygen atoms in total. The van der Waals surface area contributed by atoms with Crippen LogP contribution in [0.3, 0.4) is 0 Å². The van der Waals surface area contributed by atoms with Crippen molar-refractivity contribution in [1.29, 1.82) is 0 Å². The first kappa shape index (κ1) is 14.1. The Hall–Kier alpha value is -0.980. The summed E-state index contributed by atoms with van der Waals surface area (Å²) in [6, 6.07) is 9.38. The van der Waals surface area contributed by atoms with Crippen molar-refractivity contribution in [3.63, 3.8) is 0 Å². The Morgan fingerprint density at radius 3 is 1.94 bits per heavy atom. The highest BCUT2D eigenvalue weighted by molar-refractivity contribution is 5.45. The third-order valence-electron chi connectivity index (χ3n) is 3.08. The van der Waals surface area contributed by atoms with E-state index in [9.17, 15) is 0 Å². The second-order valence-electron chi connectivity index (χ2n) is 6.61. The van der Waals surface area contributed by atoms with Gasteiger partial charge >= 0.3 is 0 Å². The van der Waals surface area contributed by atoms with Gasteiger partial charge in [-0.1, -0.05) is 46.8 Å². The Balaban J connectivity index is 2.62. The van der Waals surface area contributed by atoms with Gasteiger partial charge in [0.25, 0.3) is 0 Å². The lowest BCUT2D eigenvalue weighted by molar-refractivity contribution is 0.411. The molecule has 1 atom stereocenters. The second kappa shape index (κ2) is 5.57. The average Bonchev–Trinajstić information content (AvgIpc) is 2.18. The molecule has 0 aromatic heterocycles. The molecule has 0 fully saturated rings. The fourth-order valence-electron chi connectivity index (χ4n) is 1.76. The van der Waals surface area contributed by atoms with Crippen LogP contribution in [0.5, 0.6) is 0 Å². The van der Waals surface area contributed by atoms with Crippen molar-refractivity contribution in [3.8, 4) is 0 Å². The summed E-state index contributed by atoms with van der Waals surface area (Å²) in [4.78, 5) is 0. The number of hydrogen-bond acceptors (Lipinski definition) is 1. The van der Waals surface area contributed by atoms with Gasteiger partial charge in [0.05, 0.1) is 0 Å². The SMILES string of the molecule is CC(C)C(C)Nc1ccc(CC(C)(C)C)cc1. The molecule has 0 amide bonds. The molecule has 0 aliphatic heterocycles. The van der Waals surface area contributed by atoms with Crippen LogP contribution in [0, 0.1) is 11.3 Å². The third kappa shape index (κ3) is 5.25. The Kier molecular flexibility index (Phi) is 4.62. The van der Waals surface area contributed by atoms with Gasteiger partial charge in [-0.25, -0.2) is 0 Å². The molecule has 1 heteroatoms. The van der Waals surface area contributed by atoms with Gasteiger partial charge in [0, 0.05) is 11.7 Å². The van der Waals surface area contributed by atoms with E-state index < -0.39 is 0 Å². The van der Waals surface area contributed by atoms with Gasteiger partial charge in [-0.15, -0.1) is 0 Å². The number of benzene rings is 1. The van der Waals surface area contributed by atoms with E-state index in [0.717, 1.165) is 6.42 Å². The Morgan fingerprint density at radius 2 is 1.53 bits per heavy atom. The van der Waals surface area contributed by atoms with Crippen LogP contribution < -0.4 is 5.32 Å². The minimum Gasteiger partial charge on any atom is -0.382 e.